The molecule has 1 aromatic heterocycles. The average Bonchev–Trinajstić information content (AvgIpc) is 2.97. The van der Waals surface area contributed by atoms with Gasteiger partial charge in [-0.1, -0.05) is 13.8 Å². The second-order valence-electron chi connectivity index (χ2n) is 5.77. The van der Waals surface area contributed by atoms with Crippen LogP contribution in [0.25, 0.3) is 0 Å². The predicted molar refractivity (Wildman–Crippen MR) is 75.8 cm³/mol. The molecular formula is C14H26N4. The van der Waals surface area contributed by atoms with Gasteiger partial charge in [0.05, 0.1) is 0 Å². The van der Waals surface area contributed by atoms with Gasteiger partial charge in [-0.3, -0.25) is 4.90 Å². The first-order valence-corrected chi connectivity index (χ1v) is 7.16. The lowest BCUT2D eigenvalue weighted by Gasteiger charge is -2.24. The fourth-order valence-corrected chi connectivity index (χ4v) is 2.50. The van der Waals surface area contributed by atoms with E-state index in [4.69, 9.17) is 0 Å². The lowest BCUT2D eigenvalue weighted by Crippen LogP contribution is -2.33. The van der Waals surface area contributed by atoms with Crippen LogP contribution in [-0.2, 0) is 6.54 Å². The number of likely N-dealkylation sites (tertiary alicyclic amines) is 1. The van der Waals surface area contributed by atoms with E-state index in [0.29, 0.717) is 12.0 Å². The highest BCUT2D eigenvalue weighted by Crippen LogP contribution is 2.15. The SMILES string of the molecule is CC(C)CNc1nccn1CC(C)N1CCCC1. The largest absolute Gasteiger partial charge is 0.355 e. The normalized spacial score (nSPS) is 18.4. The lowest BCUT2D eigenvalue weighted by atomic mass is 10.2. The molecule has 1 aromatic rings. The quantitative estimate of drug-likeness (QED) is 0.842. The van der Waals surface area contributed by atoms with Crippen LogP contribution in [0.3, 0.4) is 0 Å². The number of anilines is 1. The first-order valence-electron chi connectivity index (χ1n) is 7.16. The van der Waals surface area contributed by atoms with Crippen molar-refractivity contribution in [3.8, 4) is 0 Å². The molecule has 1 N–H and O–H groups in total. The Morgan fingerprint density at radius 2 is 2.00 bits per heavy atom. The Morgan fingerprint density at radius 3 is 2.67 bits per heavy atom. The fourth-order valence-electron chi connectivity index (χ4n) is 2.50. The Kier molecular flexibility index (Phi) is 4.64. The summed E-state index contributed by atoms with van der Waals surface area (Å²) in [6.45, 7) is 11.3. The highest BCUT2D eigenvalue weighted by Gasteiger charge is 2.18. The molecule has 1 unspecified atom stereocenters. The van der Waals surface area contributed by atoms with Gasteiger partial charge in [-0.05, 0) is 38.8 Å². The van der Waals surface area contributed by atoms with Crippen LogP contribution in [-0.4, -0.2) is 40.1 Å². The minimum Gasteiger partial charge on any atom is -0.355 e. The highest BCUT2D eigenvalue weighted by atomic mass is 15.2. The second-order valence-corrected chi connectivity index (χ2v) is 5.77. The Labute approximate surface area is 110 Å². The molecule has 0 bridgehead atoms. The summed E-state index contributed by atoms with van der Waals surface area (Å²) in [5, 5.41) is 3.42. The Hall–Kier alpha value is -1.03. The van der Waals surface area contributed by atoms with E-state index in [1.807, 2.05) is 6.20 Å². The van der Waals surface area contributed by atoms with Crippen LogP contribution in [0.5, 0.6) is 0 Å². The van der Waals surface area contributed by atoms with Gasteiger partial charge < -0.3 is 9.88 Å². The summed E-state index contributed by atoms with van der Waals surface area (Å²) < 4.78 is 2.24. The first kappa shape index (κ1) is 13.4. The van der Waals surface area contributed by atoms with Crippen molar-refractivity contribution in [2.75, 3.05) is 25.0 Å². The van der Waals surface area contributed by atoms with Crippen molar-refractivity contribution in [2.24, 2.45) is 5.92 Å². The Balaban J connectivity index is 1.90. The van der Waals surface area contributed by atoms with Gasteiger partial charge in [0.1, 0.15) is 0 Å². The minimum atomic E-state index is 0.598. The molecule has 1 fully saturated rings. The maximum absolute atomic E-state index is 4.40. The Morgan fingerprint density at radius 1 is 1.28 bits per heavy atom. The standard InChI is InChI=1S/C14H26N4/c1-12(2)10-16-14-15-6-9-18(14)11-13(3)17-7-4-5-8-17/h6,9,12-13H,4-5,7-8,10-11H2,1-3H3,(H,15,16). The number of nitrogens with zero attached hydrogens (tertiary/aromatic N) is 3. The van der Waals surface area contributed by atoms with Gasteiger partial charge >= 0.3 is 0 Å². The minimum absolute atomic E-state index is 0.598. The molecule has 1 saturated heterocycles. The average molecular weight is 250 g/mol. The zero-order chi connectivity index (χ0) is 13.0. The topological polar surface area (TPSA) is 33.1 Å². The molecule has 102 valence electrons. The van der Waals surface area contributed by atoms with Gasteiger partial charge in [0, 0.05) is 31.5 Å². The van der Waals surface area contributed by atoms with E-state index in [1.54, 1.807) is 0 Å². The van der Waals surface area contributed by atoms with Gasteiger partial charge in [0.15, 0.2) is 0 Å². The number of nitrogens with one attached hydrogen (secondary N) is 1. The summed E-state index contributed by atoms with van der Waals surface area (Å²) >= 11 is 0. The van der Waals surface area contributed by atoms with Gasteiger partial charge in [-0.2, -0.15) is 0 Å². The van der Waals surface area contributed by atoms with E-state index in [0.717, 1.165) is 19.0 Å². The van der Waals surface area contributed by atoms with Crippen LogP contribution in [0.2, 0.25) is 0 Å². The van der Waals surface area contributed by atoms with E-state index in [-0.39, 0.29) is 0 Å². The van der Waals surface area contributed by atoms with Gasteiger partial charge in [-0.15, -0.1) is 0 Å². The molecule has 0 amide bonds. The van der Waals surface area contributed by atoms with E-state index < -0.39 is 0 Å². The van der Waals surface area contributed by atoms with Crippen molar-refractivity contribution < 1.29 is 0 Å². The van der Waals surface area contributed by atoms with Crippen LogP contribution in [0.15, 0.2) is 12.4 Å². The fraction of sp³-hybridized carbons (Fsp3) is 0.786. The molecule has 0 aromatic carbocycles. The molecule has 1 atom stereocenters. The summed E-state index contributed by atoms with van der Waals surface area (Å²) in [6.07, 6.45) is 6.67. The van der Waals surface area contributed by atoms with Gasteiger partial charge in [0.2, 0.25) is 5.95 Å². The van der Waals surface area contributed by atoms with Crippen LogP contribution in [0, 0.1) is 5.92 Å². The number of aromatic nitrogens is 2. The highest BCUT2D eigenvalue weighted by molar-refractivity contribution is 5.25. The van der Waals surface area contributed by atoms with E-state index >= 15 is 0 Å². The number of rotatable bonds is 6. The summed E-state index contributed by atoms with van der Waals surface area (Å²) in [6, 6.07) is 0.598. The Bertz CT molecular complexity index is 352. The lowest BCUT2D eigenvalue weighted by molar-refractivity contribution is 0.236. The maximum atomic E-state index is 4.40. The van der Waals surface area contributed by atoms with E-state index in [1.165, 1.54) is 25.9 Å². The van der Waals surface area contributed by atoms with Crippen LogP contribution in [0.1, 0.15) is 33.6 Å². The molecule has 1 aliphatic rings. The summed E-state index contributed by atoms with van der Waals surface area (Å²) in [4.78, 5) is 6.98. The van der Waals surface area contributed by atoms with E-state index in [9.17, 15) is 0 Å². The van der Waals surface area contributed by atoms with E-state index in [2.05, 4.69) is 46.7 Å². The van der Waals surface area contributed by atoms with Crippen molar-refractivity contribution in [1.29, 1.82) is 0 Å². The molecule has 0 radical (unpaired) electrons. The molecule has 18 heavy (non-hydrogen) atoms. The predicted octanol–water partition coefficient (Wildman–Crippen LogP) is 2.44. The molecule has 4 nitrogen and oxygen atoms in total. The zero-order valence-electron chi connectivity index (χ0n) is 11.9. The van der Waals surface area contributed by atoms with Crippen molar-refractivity contribution >= 4 is 5.95 Å². The molecule has 2 rings (SSSR count). The zero-order valence-corrected chi connectivity index (χ0v) is 11.9. The molecule has 0 saturated carbocycles. The molecule has 2 heterocycles. The number of hydrogen-bond donors (Lipinski definition) is 1. The number of imidazole rings is 1. The van der Waals surface area contributed by atoms with Crippen LogP contribution >= 0.6 is 0 Å². The monoisotopic (exact) mass is 250 g/mol. The smallest absolute Gasteiger partial charge is 0.202 e. The third kappa shape index (κ3) is 3.48. The third-order valence-electron chi connectivity index (χ3n) is 3.61. The van der Waals surface area contributed by atoms with Crippen molar-refractivity contribution in [3.63, 3.8) is 0 Å². The van der Waals surface area contributed by atoms with Gasteiger partial charge in [0.25, 0.3) is 0 Å². The molecule has 4 heteroatoms. The van der Waals surface area contributed by atoms with Crippen molar-refractivity contribution in [2.45, 2.75) is 46.2 Å². The molecule has 0 aliphatic carbocycles. The molecular weight excluding hydrogens is 224 g/mol. The van der Waals surface area contributed by atoms with Crippen molar-refractivity contribution in [1.82, 2.24) is 14.5 Å². The third-order valence-corrected chi connectivity index (χ3v) is 3.61. The van der Waals surface area contributed by atoms with Gasteiger partial charge in [-0.25, -0.2) is 4.98 Å². The summed E-state index contributed by atoms with van der Waals surface area (Å²) in [5.41, 5.74) is 0. The summed E-state index contributed by atoms with van der Waals surface area (Å²) in [5.74, 6) is 1.65. The first-order chi connectivity index (χ1) is 8.66. The second kappa shape index (κ2) is 6.23. The molecule has 0 spiro atoms. The van der Waals surface area contributed by atoms with Crippen molar-refractivity contribution in [3.05, 3.63) is 12.4 Å². The molecule has 1 aliphatic heterocycles. The number of hydrogen-bond acceptors (Lipinski definition) is 3. The maximum Gasteiger partial charge on any atom is 0.202 e. The summed E-state index contributed by atoms with van der Waals surface area (Å²) in [7, 11) is 0. The van der Waals surface area contributed by atoms with Crippen LogP contribution < -0.4 is 5.32 Å². The van der Waals surface area contributed by atoms with Crippen LogP contribution in [0.4, 0.5) is 5.95 Å².